The van der Waals surface area contributed by atoms with E-state index in [-0.39, 0.29) is 25.5 Å². The van der Waals surface area contributed by atoms with Gasteiger partial charge in [0.1, 0.15) is 0 Å². The van der Waals surface area contributed by atoms with Crippen LogP contribution in [0.3, 0.4) is 0 Å². The Balaban J connectivity index is 1.57. The minimum Gasteiger partial charge on any atom is -0.455 e. The molecule has 2 aromatic rings. The average molecular weight is 394 g/mol. The van der Waals surface area contributed by atoms with Gasteiger partial charge in [-0.15, -0.1) is 0 Å². The summed E-state index contributed by atoms with van der Waals surface area (Å²) in [5.41, 5.74) is 5.58. The summed E-state index contributed by atoms with van der Waals surface area (Å²) in [4.78, 5) is 38.6. The first kappa shape index (κ1) is 20.6. The number of aryl methyl sites for hydroxylation is 3. The van der Waals surface area contributed by atoms with Crippen molar-refractivity contribution in [3.63, 3.8) is 0 Å². The third-order valence-electron chi connectivity index (χ3n) is 5.34. The van der Waals surface area contributed by atoms with Crippen molar-refractivity contribution in [1.29, 1.82) is 0 Å². The number of hydrogen-bond donors (Lipinski definition) is 1. The first-order chi connectivity index (χ1) is 13.8. The highest BCUT2D eigenvalue weighted by molar-refractivity contribution is 6.00. The van der Waals surface area contributed by atoms with Gasteiger partial charge in [-0.05, 0) is 62.1 Å². The third-order valence-corrected chi connectivity index (χ3v) is 5.34. The fourth-order valence-electron chi connectivity index (χ4n) is 3.44. The van der Waals surface area contributed by atoms with Gasteiger partial charge in [-0.2, -0.15) is 0 Å². The van der Waals surface area contributed by atoms with Crippen LogP contribution in [-0.2, 0) is 19.1 Å². The van der Waals surface area contributed by atoms with Crippen molar-refractivity contribution < 1.29 is 19.1 Å². The molecule has 152 valence electrons. The molecule has 1 N–H and O–H groups in total. The molecule has 1 saturated heterocycles. The Morgan fingerprint density at radius 1 is 1.10 bits per heavy atom. The Bertz CT molecular complexity index is 967. The number of anilines is 2. The molecule has 0 spiro atoms. The van der Waals surface area contributed by atoms with Crippen molar-refractivity contribution in [2.45, 2.75) is 34.1 Å². The van der Waals surface area contributed by atoms with Gasteiger partial charge in [0, 0.05) is 24.3 Å². The molecule has 1 fully saturated rings. The van der Waals surface area contributed by atoms with E-state index in [1.165, 1.54) is 0 Å². The Labute approximate surface area is 170 Å². The number of carbonyl (C=O) groups excluding carboxylic acids is 3. The minimum absolute atomic E-state index is 0.0881. The number of carbonyl (C=O) groups is 3. The predicted molar refractivity (Wildman–Crippen MR) is 112 cm³/mol. The Hall–Kier alpha value is -3.15. The summed E-state index contributed by atoms with van der Waals surface area (Å²) in [5.74, 6) is -1.61. The van der Waals surface area contributed by atoms with Crippen molar-refractivity contribution in [3.8, 4) is 0 Å². The van der Waals surface area contributed by atoms with Gasteiger partial charge in [0.25, 0.3) is 5.91 Å². The van der Waals surface area contributed by atoms with E-state index < -0.39 is 17.8 Å². The molecule has 1 atom stereocenters. The maximum atomic E-state index is 12.4. The molecule has 2 amide bonds. The smallest absolute Gasteiger partial charge is 0.311 e. The molecule has 0 radical (unpaired) electrons. The van der Waals surface area contributed by atoms with Crippen molar-refractivity contribution in [2.75, 3.05) is 23.4 Å². The Kier molecular flexibility index (Phi) is 6.01. The van der Waals surface area contributed by atoms with Crippen molar-refractivity contribution >= 4 is 29.2 Å². The quantitative estimate of drug-likeness (QED) is 0.788. The van der Waals surface area contributed by atoms with Gasteiger partial charge in [-0.25, -0.2) is 0 Å². The molecule has 0 aliphatic carbocycles. The minimum atomic E-state index is -0.573. The molecule has 6 heteroatoms. The summed E-state index contributed by atoms with van der Waals surface area (Å²) in [6, 6.07) is 11.5. The summed E-state index contributed by atoms with van der Waals surface area (Å²) < 4.78 is 5.19. The van der Waals surface area contributed by atoms with E-state index in [0.717, 1.165) is 27.9 Å². The van der Waals surface area contributed by atoms with Crippen LogP contribution >= 0.6 is 0 Å². The van der Waals surface area contributed by atoms with Crippen molar-refractivity contribution in [1.82, 2.24) is 0 Å². The van der Waals surface area contributed by atoms with Crippen LogP contribution in [0, 0.1) is 33.6 Å². The second kappa shape index (κ2) is 8.47. The molecule has 0 unspecified atom stereocenters. The van der Waals surface area contributed by atoms with Crippen LogP contribution in [0.5, 0.6) is 0 Å². The van der Waals surface area contributed by atoms with E-state index in [2.05, 4.69) is 5.32 Å². The molecule has 3 rings (SSSR count). The summed E-state index contributed by atoms with van der Waals surface area (Å²) in [6.07, 6.45) is 0.0881. The third kappa shape index (κ3) is 4.65. The lowest BCUT2D eigenvalue weighted by Gasteiger charge is -2.19. The van der Waals surface area contributed by atoms with Gasteiger partial charge in [0.15, 0.2) is 6.61 Å². The van der Waals surface area contributed by atoms with Gasteiger partial charge < -0.3 is 15.0 Å². The molecular weight excluding hydrogens is 368 g/mol. The second-order valence-corrected chi connectivity index (χ2v) is 7.60. The molecule has 1 aliphatic rings. The van der Waals surface area contributed by atoms with E-state index in [9.17, 15) is 14.4 Å². The van der Waals surface area contributed by atoms with Crippen molar-refractivity contribution in [3.05, 3.63) is 58.7 Å². The molecule has 0 aromatic heterocycles. The number of ether oxygens (including phenoxy) is 1. The van der Waals surface area contributed by atoms with Crippen LogP contribution in [0.4, 0.5) is 11.4 Å². The zero-order chi connectivity index (χ0) is 21.1. The maximum absolute atomic E-state index is 12.4. The number of hydrogen-bond acceptors (Lipinski definition) is 4. The monoisotopic (exact) mass is 394 g/mol. The fraction of sp³-hybridized carbons (Fsp3) is 0.348. The zero-order valence-corrected chi connectivity index (χ0v) is 17.2. The number of amides is 2. The highest BCUT2D eigenvalue weighted by Crippen LogP contribution is 2.29. The fourth-order valence-corrected chi connectivity index (χ4v) is 3.44. The molecule has 1 aliphatic heterocycles. The summed E-state index contributed by atoms with van der Waals surface area (Å²) in [7, 11) is 0. The SMILES string of the molecule is Cc1ccc(C)c(N2C[C@@H](C(=O)OCC(=O)Nc3cccc(C)c3C)CC2=O)c1. The lowest BCUT2D eigenvalue weighted by Crippen LogP contribution is -2.28. The predicted octanol–water partition coefficient (Wildman–Crippen LogP) is 3.46. The zero-order valence-electron chi connectivity index (χ0n) is 17.2. The number of rotatable bonds is 5. The standard InChI is InChI=1S/C23H26N2O4/c1-14-8-9-16(3)20(10-14)25-12-18(11-22(25)27)23(28)29-13-21(26)24-19-7-5-6-15(2)17(19)4/h5-10,18H,11-13H2,1-4H3,(H,24,26)/t18-/m0/s1. The second-order valence-electron chi connectivity index (χ2n) is 7.60. The van der Waals surface area contributed by atoms with Crippen LogP contribution in [-0.4, -0.2) is 30.9 Å². The number of nitrogens with one attached hydrogen (secondary N) is 1. The largest absolute Gasteiger partial charge is 0.455 e. The van der Waals surface area contributed by atoms with Crippen LogP contribution in [0.25, 0.3) is 0 Å². The van der Waals surface area contributed by atoms with E-state index in [0.29, 0.717) is 5.69 Å². The number of benzene rings is 2. The Morgan fingerprint density at radius 2 is 1.86 bits per heavy atom. The van der Waals surface area contributed by atoms with E-state index in [1.54, 1.807) is 11.0 Å². The van der Waals surface area contributed by atoms with Crippen LogP contribution < -0.4 is 10.2 Å². The number of nitrogens with zero attached hydrogens (tertiary/aromatic N) is 1. The van der Waals surface area contributed by atoms with Crippen LogP contribution in [0.15, 0.2) is 36.4 Å². The molecule has 0 bridgehead atoms. The molecule has 6 nitrogen and oxygen atoms in total. The molecule has 1 heterocycles. The number of esters is 1. The lowest BCUT2D eigenvalue weighted by molar-refractivity contribution is -0.151. The first-order valence-electron chi connectivity index (χ1n) is 9.66. The lowest BCUT2D eigenvalue weighted by atomic mass is 10.1. The van der Waals surface area contributed by atoms with E-state index in [1.807, 2.05) is 58.0 Å². The average Bonchev–Trinajstić information content (AvgIpc) is 3.07. The van der Waals surface area contributed by atoms with E-state index >= 15 is 0 Å². The van der Waals surface area contributed by atoms with Gasteiger partial charge in [-0.3, -0.25) is 14.4 Å². The maximum Gasteiger partial charge on any atom is 0.311 e. The highest BCUT2D eigenvalue weighted by Gasteiger charge is 2.36. The van der Waals surface area contributed by atoms with E-state index in [4.69, 9.17) is 4.74 Å². The molecular formula is C23H26N2O4. The normalized spacial score (nSPS) is 16.1. The molecule has 29 heavy (non-hydrogen) atoms. The van der Waals surface area contributed by atoms with Gasteiger partial charge in [-0.1, -0.05) is 24.3 Å². The van der Waals surface area contributed by atoms with Gasteiger partial charge in [0.2, 0.25) is 5.91 Å². The first-order valence-corrected chi connectivity index (χ1v) is 9.66. The Morgan fingerprint density at radius 3 is 2.62 bits per heavy atom. The highest BCUT2D eigenvalue weighted by atomic mass is 16.5. The topological polar surface area (TPSA) is 75.7 Å². The molecule has 0 saturated carbocycles. The molecule has 2 aromatic carbocycles. The van der Waals surface area contributed by atoms with Crippen LogP contribution in [0.2, 0.25) is 0 Å². The van der Waals surface area contributed by atoms with Crippen molar-refractivity contribution in [2.24, 2.45) is 5.92 Å². The van der Waals surface area contributed by atoms with Crippen LogP contribution in [0.1, 0.15) is 28.7 Å². The summed E-state index contributed by atoms with van der Waals surface area (Å²) in [5, 5.41) is 2.76. The van der Waals surface area contributed by atoms with Gasteiger partial charge >= 0.3 is 5.97 Å². The van der Waals surface area contributed by atoms with Gasteiger partial charge in [0.05, 0.1) is 5.92 Å². The summed E-state index contributed by atoms with van der Waals surface area (Å²) >= 11 is 0. The summed E-state index contributed by atoms with van der Waals surface area (Å²) in [6.45, 7) is 7.67.